The minimum atomic E-state index is 0.728. The van der Waals surface area contributed by atoms with E-state index < -0.39 is 0 Å². The summed E-state index contributed by atoms with van der Waals surface area (Å²) in [6, 6.07) is 0. The predicted octanol–water partition coefficient (Wildman–Crippen LogP) is 1.74. The van der Waals surface area contributed by atoms with Crippen LogP contribution in [0, 0.1) is 0 Å². The van der Waals surface area contributed by atoms with Crippen LogP contribution in [-0.4, -0.2) is 11.2 Å². The molecule has 0 fully saturated rings. The second kappa shape index (κ2) is 2.34. The summed E-state index contributed by atoms with van der Waals surface area (Å²) in [6.45, 7) is 0.728. The summed E-state index contributed by atoms with van der Waals surface area (Å²) in [5.41, 5.74) is 2.95. The summed E-state index contributed by atoms with van der Waals surface area (Å²) in [7, 11) is 0. The zero-order chi connectivity index (χ0) is 6.81. The molecule has 0 aromatic carbocycles. The normalized spacial score (nSPS) is 14.8. The molecule has 0 bridgehead atoms. The number of thiazole rings is 1. The van der Waals surface area contributed by atoms with Crippen LogP contribution in [0.4, 0.5) is 0 Å². The molecule has 2 rings (SSSR count). The number of hydrogen-bond acceptors (Lipinski definition) is 3. The molecule has 0 amide bonds. The van der Waals surface area contributed by atoms with Crippen LogP contribution < -0.4 is 0 Å². The van der Waals surface area contributed by atoms with Crippen molar-refractivity contribution in [2.24, 2.45) is 4.99 Å². The van der Waals surface area contributed by atoms with Gasteiger partial charge in [0.1, 0.15) is 0 Å². The van der Waals surface area contributed by atoms with Gasteiger partial charge in [0.25, 0.3) is 0 Å². The molecule has 2 nitrogen and oxygen atoms in total. The van der Waals surface area contributed by atoms with E-state index in [0.717, 1.165) is 12.2 Å². The van der Waals surface area contributed by atoms with E-state index in [1.807, 2.05) is 23.9 Å². The molecule has 0 aliphatic carbocycles. The van der Waals surface area contributed by atoms with Gasteiger partial charge in [-0.2, -0.15) is 0 Å². The first kappa shape index (κ1) is 5.80. The van der Waals surface area contributed by atoms with Gasteiger partial charge in [0.05, 0.1) is 22.6 Å². The third-order valence-corrected chi connectivity index (χ3v) is 2.19. The Bertz CT molecular complexity index is 286. The highest BCUT2D eigenvalue weighted by Crippen LogP contribution is 2.16. The molecule has 50 valence electrons. The second-order valence-corrected chi connectivity index (χ2v) is 2.90. The Morgan fingerprint density at radius 1 is 1.50 bits per heavy atom. The first-order chi connectivity index (χ1) is 4.97. The first-order valence-electron chi connectivity index (χ1n) is 3.05. The quantitative estimate of drug-likeness (QED) is 0.553. The SMILES string of the molecule is C1=Cc2scnc2CN=C1. The maximum Gasteiger partial charge on any atom is 0.0826 e. The second-order valence-electron chi connectivity index (χ2n) is 2.01. The van der Waals surface area contributed by atoms with Gasteiger partial charge in [-0.3, -0.25) is 4.99 Å². The average Bonchev–Trinajstić information content (AvgIpc) is 2.28. The molecule has 0 unspecified atom stereocenters. The largest absolute Gasteiger partial charge is 0.287 e. The Hall–Kier alpha value is -0.960. The molecule has 0 saturated carbocycles. The van der Waals surface area contributed by atoms with Gasteiger partial charge in [-0.1, -0.05) is 0 Å². The molecule has 3 heteroatoms. The van der Waals surface area contributed by atoms with Crippen LogP contribution in [0.15, 0.2) is 16.6 Å². The Balaban J connectivity index is 2.50. The van der Waals surface area contributed by atoms with Crippen LogP contribution in [0.5, 0.6) is 0 Å². The molecular weight excluding hydrogens is 144 g/mol. The Labute approximate surface area is 63.0 Å². The van der Waals surface area contributed by atoms with Crippen molar-refractivity contribution in [1.29, 1.82) is 0 Å². The van der Waals surface area contributed by atoms with Gasteiger partial charge >= 0.3 is 0 Å². The average molecular weight is 150 g/mol. The summed E-state index contributed by atoms with van der Waals surface area (Å²) in [5.74, 6) is 0. The van der Waals surface area contributed by atoms with Crippen LogP contribution in [0.2, 0.25) is 0 Å². The molecule has 0 saturated heterocycles. The van der Waals surface area contributed by atoms with E-state index in [9.17, 15) is 0 Å². The molecule has 0 spiro atoms. The Morgan fingerprint density at radius 2 is 2.50 bits per heavy atom. The van der Waals surface area contributed by atoms with Crippen molar-refractivity contribution < 1.29 is 0 Å². The zero-order valence-corrected chi connectivity index (χ0v) is 6.14. The minimum Gasteiger partial charge on any atom is -0.287 e. The fraction of sp³-hybridized carbons (Fsp3) is 0.143. The Morgan fingerprint density at radius 3 is 3.50 bits per heavy atom. The number of aromatic nitrogens is 1. The third kappa shape index (κ3) is 0.885. The minimum absolute atomic E-state index is 0.728. The van der Waals surface area contributed by atoms with Crippen molar-refractivity contribution in [3.8, 4) is 0 Å². The summed E-state index contributed by atoms with van der Waals surface area (Å²) in [4.78, 5) is 9.52. The van der Waals surface area contributed by atoms with Crippen molar-refractivity contribution in [3.63, 3.8) is 0 Å². The van der Waals surface area contributed by atoms with Gasteiger partial charge < -0.3 is 0 Å². The fourth-order valence-corrected chi connectivity index (χ4v) is 1.57. The number of allylic oxidation sites excluding steroid dienone is 1. The number of aliphatic imine (C=N–C) groups is 1. The number of nitrogens with zero attached hydrogens (tertiary/aromatic N) is 2. The van der Waals surface area contributed by atoms with E-state index in [4.69, 9.17) is 0 Å². The number of hydrogen-bond donors (Lipinski definition) is 0. The molecule has 1 aromatic rings. The maximum absolute atomic E-state index is 4.17. The summed E-state index contributed by atoms with van der Waals surface area (Å²) in [5, 5.41) is 0. The lowest BCUT2D eigenvalue weighted by Crippen LogP contribution is -1.80. The zero-order valence-electron chi connectivity index (χ0n) is 5.32. The van der Waals surface area contributed by atoms with Gasteiger partial charge in [0.2, 0.25) is 0 Å². The highest BCUT2D eigenvalue weighted by molar-refractivity contribution is 7.10. The van der Waals surface area contributed by atoms with Crippen molar-refractivity contribution in [1.82, 2.24) is 4.98 Å². The molecule has 10 heavy (non-hydrogen) atoms. The third-order valence-electron chi connectivity index (χ3n) is 1.35. The van der Waals surface area contributed by atoms with Crippen molar-refractivity contribution in [2.75, 3.05) is 0 Å². The van der Waals surface area contributed by atoms with Gasteiger partial charge in [0.15, 0.2) is 0 Å². The number of rotatable bonds is 0. The van der Waals surface area contributed by atoms with Crippen LogP contribution in [0.1, 0.15) is 10.6 Å². The first-order valence-corrected chi connectivity index (χ1v) is 3.93. The lowest BCUT2D eigenvalue weighted by atomic mass is 10.3. The monoisotopic (exact) mass is 150 g/mol. The van der Waals surface area contributed by atoms with E-state index in [0.29, 0.717) is 0 Å². The molecule has 1 aliphatic rings. The van der Waals surface area contributed by atoms with Crippen molar-refractivity contribution >= 4 is 23.6 Å². The predicted molar refractivity (Wildman–Crippen MR) is 43.3 cm³/mol. The number of fused-ring (bicyclic) bond motifs is 1. The van der Waals surface area contributed by atoms with Crippen LogP contribution in [0.25, 0.3) is 6.08 Å². The highest BCUT2D eigenvalue weighted by atomic mass is 32.1. The van der Waals surface area contributed by atoms with Crippen molar-refractivity contribution in [3.05, 3.63) is 22.2 Å². The smallest absolute Gasteiger partial charge is 0.0826 e. The summed E-state index contributed by atoms with van der Waals surface area (Å²) >= 11 is 1.66. The van der Waals surface area contributed by atoms with Crippen LogP contribution >= 0.6 is 11.3 Å². The highest BCUT2D eigenvalue weighted by Gasteiger charge is 2.01. The van der Waals surface area contributed by atoms with E-state index >= 15 is 0 Å². The maximum atomic E-state index is 4.17. The molecule has 2 heterocycles. The lowest BCUT2D eigenvalue weighted by molar-refractivity contribution is 1.02. The van der Waals surface area contributed by atoms with Gasteiger partial charge in [-0.25, -0.2) is 4.98 Å². The Kier molecular flexibility index (Phi) is 1.36. The van der Waals surface area contributed by atoms with E-state index in [-0.39, 0.29) is 0 Å². The molecule has 1 aliphatic heterocycles. The van der Waals surface area contributed by atoms with Gasteiger partial charge in [0, 0.05) is 6.21 Å². The van der Waals surface area contributed by atoms with E-state index in [2.05, 4.69) is 9.98 Å². The van der Waals surface area contributed by atoms with Crippen LogP contribution in [0.3, 0.4) is 0 Å². The van der Waals surface area contributed by atoms with Gasteiger partial charge in [-0.05, 0) is 12.2 Å². The van der Waals surface area contributed by atoms with Crippen molar-refractivity contribution in [2.45, 2.75) is 6.54 Å². The van der Waals surface area contributed by atoms with E-state index in [1.165, 1.54) is 4.88 Å². The molecular formula is C7H6N2S. The van der Waals surface area contributed by atoms with Crippen LogP contribution in [-0.2, 0) is 6.54 Å². The molecule has 0 radical (unpaired) electrons. The molecule has 0 N–H and O–H groups in total. The molecule has 1 aromatic heterocycles. The summed E-state index contributed by atoms with van der Waals surface area (Å²) in [6.07, 6.45) is 5.81. The van der Waals surface area contributed by atoms with Gasteiger partial charge in [-0.15, -0.1) is 11.3 Å². The topological polar surface area (TPSA) is 25.2 Å². The van der Waals surface area contributed by atoms with E-state index in [1.54, 1.807) is 11.3 Å². The summed E-state index contributed by atoms with van der Waals surface area (Å²) < 4.78 is 0. The standard InChI is InChI=1S/C7H6N2S/c1-2-7-6(4-8-3-1)9-5-10-7/h1-3,5H,4H2. The fourth-order valence-electron chi connectivity index (χ4n) is 0.863. The molecule has 0 atom stereocenters. The lowest BCUT2D eigenvalue weighted by Gasteiger charge is -1.86.